The highest BCUT2D eigenvalue weighted by Crippen LogP contribution is 2.19. The zero-order valence-corrected chi connectivity index (χ0v) is 38.1. The number of hydrogen-bond donors (Lipinski definition) is 10. The molecule has 0 spiro atoms. The molecule has 1 fully saturated rings. The Bertz CT molecular complexity index is 2070. The molecule has 1 aromatic heterocycles. The second-order valence-corrected chi connectivity index (χ2v) is 16.3. The summed E-state index contributed by atoms with van der Waals surface area (Å²) in [5.41, 5.74) is 20.6. The first-order chi connectivity index (χ1) is 31.6. The van der Waals surface area contributed by atoms with E-state index in [4.69, 9.17) is 16.8 Å². The van der Waals surface area contributed by atoms with Crippen molar-refractivity contribution in [2.45, 2.75) is 116 Å². The van der Waals surface area contributed by atoms with Gasteiger partial charge in [-0.1, -0.05) is 20.3 Å². The third kappa shape index (κ3) is 17.8. The third-order valence-electron chi connectivity index (χ3n) is 10.7. The average molecular weight is 917 g/mol. The van der Waals surface area contributed by atoms with Crippen LogP contribution in [0.5, 0.6) is 0 Å². The second-order valence-electron chi connectivity index (χ2n) is 16.3. The van der Waals surface area contributed by atoms with Crippen LogP contribution in [0.3, 0.4) is 0 Å². The van der Waals surface area contributed by atoms with E-state index in [0.29, 0.717) is 49.2 Å². The zero-order valence-electron chi connectivity index (χ0n) is 38.1. The summed E-state index contributed by atoms with van der Waals surface area (Å²) in [6, 6.07) is 4.46. The van der Waals surface area contributed by atoms with Crippen LogP contribution >= 0.6 is 0 Å². The summed E-state index contributed by atoms with van der Waals surface area (Å²) in [6.45, 7) is 4.70. The number of hydrazone groups is 1. The molecule has 1 saturated carbocycles. The number of rotatable bonds is 17. The molecule has 4 rings (SSSR count). The Kier molecular flexibility index (Phi) is 22.5. The van der Waals surface area contributed by atoms with Gasteiger partial charge in [0.05, 0.1) is 18.4 Å². The maximum Gasteiger partial charge on any atom is 0.252 e. The van der Waals surface area contributed by atoms with Crippen molar-refractivity contribution in [2.75, 3.05) is 37.4 Å². The van der Waals surface area contributed by atoms with E-state index in [1.807, 2.05) is 0 Å². The van der Waals surface area contributed by atoms with E-state index in [1.54, 1.807) is 32.0 Å². The summed E-state index contributed by atoms with van der Waals surface area (Å²) in [6.07, 6.45) is 8.92. The molecule has 1 aliphatic carbocycles. The number of nitrogens with one attached hydrogen (secondary N) is 9. The van der Waals surface area contributed by atoms with Crippen LogP contribution in [0.2, 0.25) is 0 Å². The summed E-state index contributed by atoms with van der Waals surface area (Å²) in [5.74, 6) is -4.14. The van der Waals surface area contributed by atoms with Crippen molar-refractivity contribution in [3.05, 3.63) is 53.2 Å². The fourth-order valence-electron chi connectivity index (χ4n) is 7.14. The SMILES string of the molecule is CC(=O)C[C@@H]1NC(=O)CNC(=O)[C@H](CCCN=CN)N(C)C(=O)C(C(C)C)NC(=O)c2cc(cc(NC(=O)CCCCCNC(=O)c3ccc(NN=C4CCCC4)nc3)c2)CNC1=O.N=N. The van der Waals surface area contributed by atoms with Gasteiger partial charge in [0.25, 0.3) is 11.8 Å². The summed E-state index contributed by atoms with van der Waals surface area (Å²) in [4.78, 5) is 115. The minimum Gasteiger partial charge on any atom is -0.390 e. The molecule has 1 aliphatic heterocycles. The molecule has 7 amide bonds. The first-order valence-electron chi connectivity index (χ1n) is 22.0. The van der Waals surface area contributed by atoms with Gasteiger partial charge in [0.2, 0.25) is 29.5 Å². The normalized spacial score (nSPS) is 18.4. The van der Waals surface area contributed by atoms with Gasteiger partial charge in [-0.2, -0.15) is 5.10 Å². The number of Topliss-reactive ketones (excluding diaryl/α,β-unsaturated/α-hetero) is 1. The number of amides is 7. The van der Waals surface area contributed by atoms with Gasteiger partial charge < -0.3 is 42.5 Å². The van der Waals surface area contributed by atoms with Crippen molar-refractivity contribution in [3.8, 4) is 0 Å². The number of nitrogens with two attached hydrogens (primary N) is 1. The Balaban J connectivity index is 0.00000570. The molecule has 11 N–H and O–H groups in total. The van der Waals surface area contributed by atoms with Crippen molar-refractivity contribution in [1.29, 1.82) is 11.1 Å². The van der Waals surface area contributed by atoms with Crippen LogP contribution in [0.1, 0.15) is 118 Å². The van der Waals surface area contributed by atoms with E-state index in [-0.39, 0.29) is 61.2 Å². The van der Waals surface area contributed by atoms with E-state index in [1.165, 1.54) is 37.2 Å². The smallest absolute Gasteiger partial charge is 0.252 e. The number of aliphatic imine (C=N–C) groups is 1. The first kappa shape index (κ1) is 53.2. The summed E-state index contributed by atoms with van der Waals surface area (Å²) >= 11 is 0. The Hall–Kier alpha value is -7.13. The number of hydrogen-bond acceptors (Lipinski definition) is 14. The largest absolute Gasteiger partial charge is 0.390 e. The number of pyridine rings is 1. The van der Waals surface area contributed by atoms with Crippen LogP contribution in [0.4, 0.5) is 11.5 Å². The minimum absolute atomic E-state index is 0.0710. The Morgan fingerprint density at radius 1 is 0.955 bits per heavy atom. The van der Waals surface area contributed by atoms with Crippen LogP contribution in [0, 0.1) is 17.0 Å². The van der Waals surface area contributed by atoms with Crippen molar-refractivity contribution >= 4 is 70.7 Å². The summed E-state index contributed by atoms with van der Waals surface area (Å²) < 4.78 is 0. The van der Waals surface area contributed by atoms with Crippen LogP contribution < -0.4 is 43.1 Å². The molecule has 1 unspecified atom stereocenters. The van der Waals surface area contributed by atoms with Gasteiger partial charge in [-0.05, 0) is 100 Å². The lowest BCUT2D eigenvalue weighted by Gasteiger charge is -2.32. The van der Waals surface area contributed by atoms with Crippen molar-refractivity contribution in [2.24, 2.45) is 21.7 Å². The predicted octanol–water partition coefficient (Wildman–Crippen LogP) is 2.51. The van der Waals surface area contributed by atoms with E-state index < -0.39 is 60.1 Å². The molecule has 358 valence electrons. The number of benzene rings is 1. The van der Waals surface area contributed by atoms with E-state index in [9.17, 15) is 38.4 Å². The molecule has 2 heterocycles. The Labute approximate surface area is 384 Å². The second kappa shape index (κ2) is 27.9. The van der Waals surface area contributed by atoms with Gasteiger partial charge >= 0.3 is 0 Å². The third-order valence-corrected chi connectivity index (χ3v) is 10.7. The van der Waals surface area contributed by atoms with Gasteiger partial charge in [-0.3, -0.25) is 48.8 Å². The standard InChI is InChI=1S/C44H62N12O8.H2N2/c1-27(2)39-44(64)56(4)35(13-10-17-46-26-45)43(63)50-25-38(59)52-34(19-28(3)57)42(62)49-23-29-20-31(41(61)53-39)22-33(21-29)51-37(58)14-6-5-9-18-47-40(60)30-15-16-36(48-24-30)55-54-32-11-7-8-12-32;1-2/h15-16,20-22,24,26-27,34-35,39H,5-14,17-19,23,25H2,1-4H3,(H2,45,46)(H,47,60)(H,48,55)(H,49,62)(H,50,63)(H,51,58)(H,52,59)(H,53,61);1-2H/t34-,35-,39?;/m0./s1. The van der Waals surface area contributed by atoms with Gasteiger partial charge in [-0.15, -0.1) is 0 Å². The van der Waals surface area contributed by atoms with Crippen LogP contribution in [0.25, 0.3) is 0 Å². The average Bonchev–Trinajstić information content (AvgIpc) is 3.83. The fraction of sp³-hybridized carbons (Fsp3) is 0.523. The van der Waals surface area contributed by atoms with Gasteiger partial charge in [-0.25, -0.2) is 16.0 Å². The maximum atomic E-state index is 14.0. The quantitative estimate of drug-likeness (QED) is 0.0361. The Morgan fingerprint density at radius 3 is 2.35 bits per heavy atom. The lowest BCUT2D eigenvalue weighted by Crippen LogP contribution is -2.57. The highest BCUT2D eigenvalue weighted by molar-refractivity contribution is 6.01. The maximum absolute atomic E-state index is 14.0. The van der Waals surface area contributed by atoms with Gasteiger partial charge in [0.15, 0.2) is 0 Å². The molecular weight excluding hydrogens is 853 g/mol. The van der Waals surface area contributed by atoms with E-state index in [2.05, 4.69) is 52.4 Å². The molecule has 2 bridgehead atoms. The van der Waals surface area contributed by atoms with Gasteiger partial charge in [0.1, 0.15) is 29.7 Å². The topological polar surface area (TPSA) is 335 Å². The number of anilines is 2. The predicted molar refractivity (Wildman–Crippen MR) is 247 cm³/mol. The molecule has 3 atom stereocenters. The minimum atomic E-state index is -1.28. The number of unbranched alkanes of at least 4 members (excludes halogenated alkanes) is 2. The number of carbonyl (C=O) groups is 8. The number of nitrogens with zero attached hydrogens (tertiary/aromatic N) is 4. The zero-order chi connectivity index (χ0) is 48.6. The molecule has 22 nitrogen and oxygen atoms in total. The molecule has 0 saturated heterocycles. The van der Waals surface area contributed by atoms with Crippen molar-refractivity contribution < 1.29 is 38.4 Å². The molecule has 1 aromatic carbocycles. The molecule has 2 aromatic rings. The summed E-state index contributed by atoms with van der Waals surface area (Å²) in [7, 11) is 1.43. The number of carbonyl (C=O) groups excluding carboxylic acids is 8. The van der Waals surface area contributed by atoms with Crippen LogP contribution in [-0.2, 0) is 35.3 Å². The molecule has 2 aliphatic rings. The molecule has 0 radical (unpaired) electrons. The lowest BCUT2D eigenvalue weighted by atomic mass is 9.99. The van der Waals surface area contributed by atoms with Crippen LogP contribution in [-0.4, -0.2) is 114 Å². The van der Waals surface area contributed by atoms with Gasteiger partial charge in [0, 0.05) is 62.7 Å². The number of aromatic nitrogens is 1. The molecular formula is C44H64N14O8. The number of likely N-dealkylation sites (N-methyl/N-ethyl adjacent to an activating group) is 1. The first-order valence-corrected chi connectivity index (χ1v) is 22.0. The highest BCUT2D eigenvalue weighted by Gasteiger charge is 2.34. The van der Waals surface area contributed by atoms with Crippen molar-refractivity contribution in [1.82, 2.24) is 36.5 Å². The van der Waals surface area contributed by atoms with E-state index in [0.717, 1.165) is 37.7 Å². The van der Waals surface area contributed by atoms with Crippen molar-refractivity contribution in [3.63, 3.8) is 0 Å². The fourth-order valence-corrected chi connectivity index (χ4v) is 7.14. The van der Waals surface area contributed by atoms with E-state index >= 15 is 0 Å². The molecule has 22 heteroatoms. The lowest BCUT2D eigenvalue weighted by molar-refractivity contribution is -0.141. The monoisotopic (exact) mass is 917 g/mol. The summed E-state index contributed by atoms with van der Waals surface area (Å²) in [5, 5.41) is 20.6. The number of fused-ring (bicyclic) bond motifs is 2. The highest BCUT2D eigenvalue weighted by atomic mass is 16.2. The number of ketones is 1. The van der Waals surface area contributed by atoms with Crippen LogP contribution in [0.15, 0.2) is 46.6 Å². The Morgan fingerprint density at radius 2 is 1.68 bits per heavy atom. The molecule has 66 heavy (non-hydrogen) atoms.